The molecule has 0 aromatic heterocycles. The Hall–Kier alpha value is -1.15. The lowest BCUT2D eigenvalue weighted by Crippen LogP contribution is -2.52. The fourth-order valence-corrected chi connectivity index (χ4v) is 3.96. The number of rotatable bonds is 4. The third kappa shape index (κ3) is 4.27. The first-order valence-electron chi connectivity index (χ1n) is 7.85. The fourth-order valence-electron chi connectivity index (χ4n) is 2.54. The smallest absolute Gasteiger partial charge is 0.254 e. The average molecular weight is 376 g/mol. The molecule has 1 aromatic rings. The van der Waals surface area contributed by atoms with Gasteiger partial charge >= 0.3 is 0 Å². The number of piperazine rings is 1. The van der Waals surface area contributed by atoms with Crippen LogP contribution in [0.5, 0.6) is 0 Å². The van der Waals surface area contributed by atoms with E-state index >= 15 is 0 Å². The van der Waals surface area contributed by atoms with Gasteiger partial charge in [0.05, 0.1) is 4.90 Å². The molecule has 1 heterocycles. The van der Waals surface area contributed by atoms with Gasteiger partial charge in [-0.2, -0.15) is 4.31 Å². The Morgan fingerprint density at radius 3 is 2.62 bits per heavy atom. The van der Waals surface area contributed by atoms with Crippen molar-refractivity contribution in [3.8, 4) is 0 Å². The third-order valence-corrected chi connectivity index (χ3v) is 6.28. The molecule has 1 aliphatic heterocycles. The first-order valence-corrected chi connectivity index (χ1v) is 9.29. The van der Waals surface area contributed by atoms with Crippen LogP contribution in [0, 0.1) is 0 Å². The Labute approximate surface area is 150 Å². The van der Waals surface area contributed by atoms with E-state index in [1.807, 2.05) is 20.8 Å². The van der Waals surface area contributed by atoms with Crippen LogP contribution in [-0.2, 0) is 10.0 Å². The van der Waals surface area contributed by atoms with E-state index in [9.17, 15) is 13.2 Å². The number of nitrogens with one attached hydrogen (secondary N) is 1. The van der Waals surface area contributed by atoms with Gasteiger partial charge in [0, 0.05) is 44.3 Å². The minimum atomic E-state index is -3.59. The van der Waals surface area contributed by atoms with Crippen LogP contribution in [0.2, 0.25) is 0 Å². The number of halogens is 1. The molecule has 1 saturated heterocycles. The van der Waals surface area contributed by atoms with Gasteiger partial charge in [-0.25, -0.2) is 8.42 Å². The summed E-state index contributed by atoms with van der Waals surface area (Å²) in [5.41, 5.74) is 0.414. The van der Waals surface area contributed by atoms with Crippen molar-refractivity contribution in [2.24, 2.45) is 0 Å². The van der Waals surface area contributed by atoms with Gasteiger partial charge in [0.15, 0.2) is 0 Å². The number of hydrogen-bond donors (Lipinski definition) is 1. The molecule has 1 aromatic carbocycles. The van der Waals surface area contributed by atoms with Crippen LogP contribution in [0.4, 0.5) is 0 Å². The lowest BCUT2D eigenvalue weighted by atomic mass is 10.1. The van der Waals surface area contributed by atoms with E-state index in [2.05, 4.69) is 5.32 Å². The maximum absolute atomic E-state index is 12.7. The van der Waals surface area contributed by atoms with Crippen LogP contribution in [0.3, 0.4) is 0 Å². The van der Waals surface area contributed by atoms with Crippen molar-refractivity contribution in [3.63, 3.8) is 0 Å². The number of sulfonamides is 1. The molecule has 0 saturated carbocycles. The topological polar surface area (TPSA) is 69.7 Å². The van der Waals surface area contributed by atoms with E-state index < -0.39 is 10.0 Å². The Balaban J connectivity index is 0.00000288. The summed E-state index contributed by atoms with van der Waals surface area (Å²) in [6.07, 6.45) is 0. The van der Waals surface area contributed by atoms with Crippen molar-refractivity contribution in [1.29, 1.82) is 0 Å². The molecule has 1 atom stereocenters. The van der Waals surface area contributed by atoms with Crippen LogP contribution in [-0.4, -0.2) is 62.3 Å². The highest BCUT2D eigenvalue weighted by Crippen LogP contribution is 2.19. The summed E-state index contributed by atoms with van der Waals surface area (Å²) in [5, 5.41) is 3.24. The van der Waals surface area contributed by atoms with Crippen molar-refractivity contribution in [1.82, 2.24) is 14.5 Å². The highest BCUT2D eigenvalue weighted by molar-refractivity contribution is 7.89. The molecule has 1 N–H and O–H groups in total. The SMILES string of the molecule is CC(C)N(C)S(=O)(=O)c1cccc(C(=O)N2CCNC[C@@H]2C)c1.Cl. The number of hydrogen-bond acceptors (Lipinski definition) is 4. The van der Waals surface area contributed by atoms with Gasteiger partial charge in [0.2, 0.25) is 10.0 Å². The summed E-state index contributed by atoms with van der Waals surface area (Å²) in [5.74, 6) is -0.122. The molecule has 1 aliphatic rings. The lowest BCUT2D eigenvalue weighted by Gasteiger charge is -2.34. The van der Waals surface area contributed by atoms with Gasteiger partial charge in [0.25, 0.3) is 5.91 Å². The minimum Gasteiger partial charge on any atom is -0.333 e. The van der Waals surface area contributed by atoms with Gasteiger partial charge in [-0.15, -0.1) is 12.4 Å². The van der Waals surface area contributed by atoms with Crippen LogP contribution >= 0.6 is 12.4 Å². The van der Waals surface area contributed by atoms with Gasteiger partial charge in [0.1, 0.15) is 0 Å². The molecular formula is C16H26ClN3O3S. The fraction of sp³-hybridized carbons (Fsp3) is 0.562. The molecule has 136 valence electrons. The largest absolute Gasteiger partial charge is 0.333 e. The molecule has 0 spiro atoms. The zero-order chi connectivity index (χ0) is 17.2. The Morgan fingerprint density at radius 2 is 2.04 bits per heavy atom. The maximum Gasteiger partial charge on any atom is 0.254 e. The number of carbonyl (C=O) groups excluding carboxylic acids is 1. The van der Waals surface area contributed by atoms with Crippen LogP contribution in [0.1, 0.15) is 31.1 Å². The predicted octanol–water partition coefficient (Wildman–Crippen LogP) is 1.57. The number of amides is 1. The summed E-state index contributed by atoms with van der Waals surface area (Å²) in [6, 6.07) is 6.26. The maximum atomic E-state index is 12.7. The molecule has 8 heteroatoms. The summed E-state index contributed by atoms with van der Waals surface area (Å²) in [4.78, 5) is 14.6. The Morgan fingerprint density at radius 1 is 1.38 bits per heavy atom. The van der Waals surface area contributed by atoms with Crippen molar-refractivity contribution in [3.05, 3.63) is 29.8 Å². The van der Waals surface area contributed by atoms with Crippen molar-refractivity contribution < 1.29 is 13.2 Å². The Bertz CT molecular complexity index is 679. The Kier molecular flexibility index (Phi) is 7.22. The van der Waals surface area contributed by atoms with Gasteiger partial charge < -0.3 is 10.2 Å². The van der Waals surface area contributed by atoms with E-state index in [-0.39, 0.29) is 35.3 Å². The van der Waals surface area contributed by atoms with E-state index in [1.54, 1.807) is 24.1 Å². The monoisotopic (exact) mass is 375 g/mol. The third-order valence-electron chi connectivity index (χ3n) is 4.25. The summed E-state index contributed by atoms with van der Waals surface area (Å²) in [6.45, 7) is 7.74. The molecular weight excluding hydrogens is 350 g/mol. The number of carbonyl (C=O) groups is 1. The van der Waals surface area contributed by atoms with E-state index in [0.29, 0.717) is 12.1 Å². The molecule has 0 radical (unpaired) electrons. The predicted molar refractivity (Wildman–Crippen MR) is 97.1 cm³/mol. The van der Waals surface area contributed by atoms with Crippen LogP contribution < -0.4 is 5.32 Å². The molecule has 0 unspecified atom stereocenters. The lowest BCUT2D eigenvalue weighted by molar-refractivity contribution is 0.0655. The molecule has 1 amide bonds. The number of nitrogens with zero attached hydrogens (tertiary/aromatic N) is 2. The molecule has 2 rings (SSSR count). The highest BCUT2D eigenvalue weighted by atomic mass is 35.5. The van der Waals surface area contributed by atoms with Gasteiger partial charge in [-0.3, -0.25) is 4.79 Å². The second-order valence-electron chi connectivity index (χ2n) is 6.19. The van der Waals surface area contributed by atoms with Gasteiger partial charge in [-0.05, 0) is 39.0 Å². The zero-order valence-electron chi connectivity index (χ0n) is 14.5. The second kappa shape index (κ2) is 8.29. The summed E-state index contributed by atoms with van der Waals surface area (Å²) >= 11 is 0. The van der Waals surface area contributed by atoms with Crippen molar-refractivity contribution >= 4 is 28.3 Å². The first kappa shape index (κ1) is 20.9. The number of benzene rings is 1. The molecule has 0 bridgehead atoms. The quantitative estimate of drug-likeness (QED) is 0.867. The van der Waals surface area contributed by atoms with E-state index in [0.717, 1.165) is 13.1 Å². The van der Waals surface area contributed by atoms with Crippen LogP contribution in [0.15, 0.2) is 29.2 Å². The standard InChI is InChI=1S/C16H25N3O3S.ClH/c1-12(2)18(4)23(21,22)15-7-5-6-14(10-15)16(20)19-9-8-17-11-13(19)3;/h5-7,10,12-13,17H,8-9,11H2,1-4H3;1H/t13-;/m0./s1. The normalized spacial score (nSPS) is 18.6. The van der Waals surface area contributed by atoms with Crippen molar-refractivity contribution in [2.45, 2.75) is 37.8 Å². The molecule has 1 fully saturated rings. The molecule has 24 heavy (non-hydrogen) atoms. The van der Waals surface area contributed by atoms with Crippen LogP contribution in [0.25, 0.3) is 0 Å². The average Bonchev–Trinajstić information content (AvgIpc) is 2.54. The first-order chi connectivity index (χ1) is 10.7. The van der Waals surface area contributed by atoms with Crippen molar-refractivity contribution in [2.75, 3.05) is 26.7 Å². The van der Waals surface area contributed by atoms with E-state index in [4.69, 9.17) is 0 Å². The summed E-state index contributed by atoms with van der Waals surface area (Å²) in [7, 11) is -2.04. The minimum absolute atomic E-state index is 0. The van der Waals surface area contributed by atoms with E-state index in [1.165, 1.54) is 16.4 Å². The molecule has 6 nitrogen and oxygen atoms in total. The van der Waals surface area contributed by atoms with Gasteiger partial charge in [-0.1, -0.05) is 6.07 Å². The molecule has 0 aliphatic carbocycles. The zero-order valence-corrected chi connectivity index (χ0v) is 16.2. The second-order valence-corrected chi connectivity index (χ2v) is 8.19. The summed E-state index contributed by atoms with van der Waals surface area (Å²) < 4.78 is 26.5. The highest BCUT2D eigenvalue weighted by Gasteiger charge is 2.27.